The highest BCUT2D eigenvalue weighted by molar-refractivity contribution is 5.98. The standard InChI is InChI=1S/C11H14N2O3/c1-7(14)5-13-9-4-8(12)2-3-10(9)16-6-11(13)15/h2-4,7,14H,5-6,12H2,1H3. The molecule has 86 valence electrons. The summed E-state index contributed by atoms with van der Waals surface area (Å²) in [6, 6.07) is 5.12. The number of nitrogen functional groups attached to an aromatic ring is 1. The molecule has 1 aromatic carbocycles. The summed E-state index contributed by atoms with van der Waals surface area (Å²) in [4.78, 5) is 13.2. The lowest BCUT2D eigenvalue weighted by Gasteiger charge is -2.30. The molecule has 1 aliphatic rings. The molecule has 0 aliphatic carbocycles. The van der Waals surface area contributed by atoms with Gasteiger partial charge in [-0.05, 0) is 25.1 Å². The van der Waals surface area contributed by atoms with E-state index in [4.69, 9.17) is 10.5 Å². The number of carbonyl (C=O) groups excluding carboxylic acids is 1. The van der Waals surface area contributed by atoms with Crippen LogP contribution in [-0.2, 0) is 4.79 Å². The molecule has 0 saturated carbocycles. The summed E-state index contributed by atoms with van der Waals surface area (Å²) < 4.78 is 5.27. The van der Waals surface area contributed by atoms with E-state index in [1.807, 2.05) is 0 Å². The van der Waals surface area contributed by atoms with Crippen molar-refractivity contribution in [1.82, 2.24) is 0 Å². The predicted molar refractivity (Wildman–Crippen MR) is 60.4 cm³/mol. The number of carbonyl (C=O) groups is 1. The van der Waals surface area contributed by atoms with Crippen LogP contribution in [0.15, 0.2) is 18.2 Å². The third kappa shape index (κ3) is 1.94. The number of rotatable bonds is 2. The third-order valence-corrected chi connectivity index (χ3v) is 2.37. The molecule has 1 aromatic rings. The molecule has 1 heterocycles. The van der Waals surface area contributed by atoms with E-state index in [1.54, 1.807) is 25.1 Å². The summed E-state index contributed by atoms with van der Waals surface area (Å²) >= 11 is 0. The highest BCUT2D eigenvalue weighted by Gasteiger charge is 2.26. The van der Waals surface area contributed by atoms with Gasteiger partial charge >= 0.3 is 0 Å². The van der Waals surface area contributed by atoms with Crippen molar-refractivity contribution in [1.29, 1.82) is 0 Å². The average molecular weight is 222 g/mol. The van der Waals surface area contributed by atoms with Crippen LogP contribution in [0.1, 0.15) is 6.92 Å². The number of aliphatic hydroxyl groups is 1. The van der Waals surface area contributed by atoms with Crippen LogP contribution >= 0.6 is 0 Å². The molecule has 5 heteroatoms. The van der Waals surface area contributed by atoms with E-state index in [0.717, 1.165) is 0 Å². The van der Waals surface area contributed by atoms with E-state index in [-0.39, 0.29) is 19.1 Å². The zero-order chi connectivity index (χ0) is 11.7. The Morgan fingerprint density at radius 1 is 1.62 bits per heavy atom. The summed E-state index contributed by atoms with van der Waals surface area (Å²) in [5.74, 6) is 0.452. The molecule has 1 aliphatic heterocycles. The number of anilines is 2. The van der Waals surface area contributed by atoms with Crippen LogP contribution in [0.2, 0.25) is 0 Å². The lowest BCUT2D eigenvalue weighted by molar-refractivity contribution is -0.121. The number of hydrogen-bond donors (Lipinski definition) is 2. The smallest absolute Gasteiger partial charge is 0.265 e. The van der Waals surface area contributed by atoms with Crippen molar-refractivity contribution < 1.29 is 14.6 Å². The maximum Gasteiger partial charge on any atom is 0.265 e. The number of fused-ring (bicyclic) bond motifs is 1. The van der Waals surface area contributed by atoms with Gasteiger partial charge in [0.1, 0.15) is 5.75 Å². The Labute approximate surface area is 93.4 Å². The van der Waals surface area contributed by atoms with Gasteiger partial charge in [0, 0.05) is 5.69 Å². The molecule has 5 nitrogen and oxygen atoms in total. The largest absolute Gasteiger partial charge is 0.482 e. The quantitative estimate of drug-likeness (QED) is 0.709. The van der Waals surface area contributed by atoms with E-state index in [9.17, 15) is 9.90 Å². The Hall–Kier alpha value is -1.75. The molecule has 1 amide bonds. The summed E-state index contributed by atoms with van der Waals surface area (Å²) in [5, 5.41) is 9.35. The number of amides is 1. The van der Waals surface area contributed by atoms with Crippen LogP contribution in [-0.4, -0.2) is 30.3 Å². The Bertz CT molecular complexity index is 418. The molecule has 0 spiro atoms. The number of benzene rings is 1. The monoisotopic (exact) mass is 222 g/mol. The van der Waals surface area contributed by atoms with Gasteiger partial charge in [-0.15, -0.1) is 0 Å². The van der Waals surface area contributed by atoms with Gasteiger partial charge < -0.3 is 20.5 Å². The number of aliphatic hydroxyl groups excluding tert-OH is 1. The number of hydrogen-bond acceptors (Lipinski definition) is 4. The normalized spacial score (nSPS) is 16.6. The third-order valence-electron chi connectivity index (χ3n) is 2.37. The predicted octanol–water partition coefficient (Wildman–Crippen LogP) is 0.375. The van der Waals surface area contributed by atoms with E-state index < -0.39 is 6.10 Å². The zero-order valence-electron chi connectivity index (χ0n) is 9.01. The molecule has 0 fully saturated rings. The molecule has 0 aromatic heterocycles. The van der Waals surface area contributed by atoms with Gasteiger partial charge in [-0.1, -0.05) is 0 Å². The second kappa shape index (κ2) is 4.02. The van der Waals surface area contributed by atoms with Gasteiger partial charge in [0.2, 0.25) is 0 Å². The molecule has 0 bridgehead atoms. The minimum atomic E-state index is -0.587. The first-order chi connectivity index (χ1) is 7.58. The Morgan fingerprint density at radius 2 is 2.38 bits per heavy atom. The molecule has 1 atom stereocenters. The molecule has 3 N–H and O–H groups in total. The van der Waals surface area contributed by atoms with Crippen molar-refractivity contribution in [2.24, 2.45) is 0 Å². The summed E-state index contributed by atoms with van der Waals surface area (Å²) in [6.45, 7) is 1.89. The van der Waals surface area contributed by atoms with E-state index >= 15 is 0 Å². The van der Waals surface area contributed by atoms with E-state index in [1.165, 1.54) is 4.90 Å². The molecule has 1 unspecified atom stereocenters. The zero-order valence-corrected chi connectivity index (χ0v) is 9.01. The number of β-amino-alcohol motifs (C(OH)–C–C–N with tert-alkyl or cyclic N) is 1. The highest BCUT2D eigenvalue weighted by Crippen LogP contribution is 2.33. The van der Waals surface area contributed by atoms with Crippen molar-refractivity contribution >= 4 is 17.3 Å². The first-order valence-corrected chi connectivity index (χ1v) is 5.08. The SMILES string of the molecule is CC(O)CN1C(=O)COc2ccc(N)cc21. The molecule has 16 heavy (non-hydrogen) atoms. The van der Waals surface area contributed by atoms with Gasteiger partial charge in [-0.25, -0.2) is 0 Å². The van der Waals surface area contributed by atoms with Crippen LogP contribution in [0.25, 0.3) is 0 Å². The van der Waals surface area contributed by atoms with Crippen molar-refractivity contribution in [3.63, 3.8) is 0 Å². The molecule has 0 saturated heterocycles. The lowest BCUT2D eigenvalue weighted by Crippen LogP contribution is -2.42. The summed E-state index contributed by atoms with van der Waals surface area (Å²) in [7, 11) is 0. The first kappa shape index (κ1) is 10.8. The van der Waals surface area contributed by atoms with Crippen molar-refractivity contribution in [2.75, 3.05) is 23.8 Å². The van der Waals surface area contributed by atoms with Crippen molar-refractivity contribution in [2.45, 2.75) is 13.0 Å². The minimum absolute atomic E-state index is 0.00361. The fourth-order valence-electron chi connectivity index (χ4n) is 1.68. The Balaban J connectivity index is 2.38. The second-order valence-corrected chi connectivity index (χ2v) is 3.87. The van der Waals surface area contributed by atoms with Crippen LogP contribution in [0.3, 0.4) is 0 Å². The fraction of sp³-hybridized carbons (Fsp3) is 0.364. The molecular weight excluding hydrogens is 208 g/mol. The Kier molecular flexibility index (Phi) is 2.70. The van der Waals surface area contributed by atoms with Gasteiger partial charge in [0.15, 0.2) is 6.61 Å². The van der Waals surface area contributed by atoms with Gasteiger partial charge in [-0.2, -0.15) is 0 Å². The lowest BCUT2D eigenvalue weighted by atomic mass is 10.2. The maximum atomic E-state index is 11.7. The number of ether oxygens (including phenoxy) is 1. The number of nitrogens with zero attached hydrogens (tertiary/aromatic N) is 1. The highest BCUT2D eigenvalue weighted by atomic mass is 16.5. The van der Waals surface area contributed by atoms with Crippen LogP contribution < -0.4 is 15.4 Å². The summed E-state index contributed by atoms with van der Waals surface area (Å²) in [5.41, 5.74) is 6.85. The minimum Gasteiger partial charge on any atom is -0.482 e. The van der Waals surface area contributed by atoms with Crippen LogP contribution in [0.4, 0.5) is 11.4 Å². The van der Waals surface area contributed by atoms with E-state index in [2.05, 4.69) is 0 Å². The van der Waals surface area contributed by atoms with Crippen molar-refractivity contribution in [3.8, 4) is 5.75 Å². The number of nitrogens with two attached hydrogens (primary N) is 1. The van der Waals surface area contributed by atoms with Crippen molar-refractivity contribution in [3.05, 3.63) is 18.2 Å². The maximum absolute atomic E-state index is 11.7. The van der Waals surface area contributed by atoms with Gasteiger partial charge in [-0.3, -0.25) is 4.79 Å². The fourth-order valence-corrected chi connectivity index (χ4v) is 1.68. The molecule has 0 radical (unpaired) electrons. The van der Waals surface area contributed by atoms with Crippen LogP contribution in [0, 0.1) is 0 Å². The average Bonchev–Trinajstić information content (AvgIpc) is 2.22. The van der Waals surface area contributed by atoms with E-state index in [0.29, 0.717) is 17.1 Å². The van der Waals surface area contributed by atoms with Gasteiger partial charge in [0.25, 0.3) is 5.91 Å². The molecular formula is C11H14N2O3. The molecule has 2 rings (SSSR count). The topological polar surface area (TPSA) is 75.8 Å². The first-order valence-electron chi connectivity index (χ1n) is 5.08. The second-order valence-electron chi connectivity index (χ2n) is 3.87. The van der Waals surface area contributed by atoms with Gasteiger partial charge in [0.05, 0.1) is 18.3 Å². The Morgan fingerprint density at radius 3 is 3.06 bits per heavy atom. The van der Waals surface area contributed by atoms with Crippen LogP contribution in [0.5, 0.6) is 5.75 Å². The summed E-state index contributed by atoms with van der Waals surface area (Å²) in [6.07, 6.45) is -0.587.